The maximum atomic E-state index is 12.5. The van der Waals surface area contributed by atoms with Gasteiger partial charge in [0.05, 0.1) is 10.4 Å². The minimum absolute atomic E-state index is 0.0911. The molecule has 0 bridgehead atoms. The fourth-order valence-corrected chi connectivity index (χ4v) is 3.56. The summed E-state index contributed by atoms with van der Waals surface area (Å²) in [5.74, 6) is -0.529. The molecule has 3 aromatic rings. The van der Waals surface area contributed by atoms with Gasteiger partial charge >= 0.3 is 5.76 Å². The summed E-state index contributed by atoms with van der Waals surface area (Å²) < 4.78 is 33.9. The molecule has 0 aliphatic rings. The molecule has 23 heavy (non-hydrogen) atoms. The molecule has 3 rings (SSSR count). The lowest BCUT2D eigenvalue weighted by atomic mass is 10.2. The topological polar surface area (TPSA) is 94.2 Å². The molecule has 0 unspecified atom stereocenters. The summed E-state index contributed by atoms with van der Waals surface area (Å²) in [6, 6.07) is 6.46. The normalized spacial score (nSPS) is 11.9. The Kier molecular flexibility index (Phi) is 3.78. The summed E-state index contributed by atoms with van der Waals surface area (Å²) in [5, 5.41) is 0. The molecule has 7 nitrogen and oxygen atoms in total. The first kappa shape index (κ1) is 15.4. The van der Waals surface area contributed by atoms with E-state index in [2.05, 4.69) is 9.71 Å². The smallest absolute Gasteiger partial charge is 0.408 e. The summed E-state index contributed by atoms with van der Waals surface area (Å²) in [6.07, 6.45) is 3.19. The molecule has 0 atom stereocenters. The van der Waals surface area contributed by atoms with Crippen molar-refractivity contribution in [2.24, 2.45) is 7.05 Å². The number of pyridine rings is 1. The third-order valence-corrected chi connectivity index (χ3v) is 5.14. The van der Waals surface area contributed by atoms with Crippen molar-refractivity contribution < 1.29 is 12.8 Å². The first-order chi connectivity index (χ1) is 10.9. The first-order valence-electron chi connectivity index (χ1n) is 6.87. The standard InChI is InChI=1S/C15H15N3O4S/c1-10-7-12-13(22-15(19)18(12)2)8-14(10)23(20,21)17-9-11-3-5-16-6-4-11/h3-8,17H,9H2,1-2H3. The van der Waals surface area contributed by atoms with Crippen LogP contribution in [0.4, 0.5) is 0 Å². The van der Waals surface area contributed by atoms with Crippen molar-refractivity contribution in [3.8, 4) is 0 Å². The Morgan fingerprint density at radius 1 is 1.26 bits per heavy atom. The van der Waals surface area contributed by atoms with Gasteiger partial charge in [-0.1, -0.05) is 0 Å². The highest BCUT2D eigenvalue weighted by Crippen LogP contribution is 2.22. The van der Waals surface area contributed by atoms with Gasteiger partial charge in [0.15, 0.2) is 5.58 Å². The predicted molar refractivity (Wildman–Crippen MR) is 84.5 cm³/mol. The van der Waals surface area contributed by atoms with Gasteiger partial charge in [0.1, 0.15) is 0 Å². The van der Waals surface area contributed by atoms with Gasteiger partial charge in [0.25, 0.3) is 0 Å². The van der Waals surface area contributed by atoms with E-state index in [4.69, 9.17) is 4.42 Å². The molecule has 1 N–H and O–H groups in total. The van der Waals surface area contributed by atoms with E-state index in [0.29, 0.717) is 11.1 Å². The Morgan fingerprint density at radius 2 is 1.96 bits per heavy atom. The van der Waals surface area contributed by atoms with Crippen molar-refractivity contribution in [2.75, 3.05) is 0 Å². The van der Waals surface area contributed by atoms with Crippen LogP contribution in [-0.4, -0.2) is 18.0 Å². The monoisotopic (exact) mass is 333 g/mol. The van der Waals surface area contributed by atoms with E-state index in [0.717, 1.165) is 5.56 Å². The predicted octanol–water partition coefficient (Wildman–Crippen LogP) is 1.31. The Morgan fingerprint density at radius 3 is 2.65 bits per heavy atom. The van der Waals surface area contributed by atoms with Crippen molar-refractivity contribution >= 4 is 21.1 Å². The lowest BCUT2D eigenvalue weighted by molar-refractivity contribution is 0.527. The zero-order valence-corrected chi connectivity index (χ0v) is 13.4. The van der Waals surface area contributed by atoms with Gasteiger partial charge in [-0.3, -0.25) is 9.55 Å². The molecule has 8 heteroatoms. The SMILES string of the molecule is Cc1cc2c(cc1S(=O)(=O)NCc1ccncc1)oc(=O)n2C. The molecule has 0 aliphatic carbocycles. The highest BCUT2D eigenvalue weighted by atomic mass is 32.2. The molecular formula is C15H15N3O4S. The number of oxazole rings is 1. The van der Waals surface area contributed by atoms with Crippen LogP contribution in [0.25, 0.3) is 11.1 Å². The lowest BCUT2D eigenvalue weighted by Crippen LogP contribution is -2.24. The van der Waals surface area contributed by atoms with Crippen LogP contribution < -0.4 is 10.5 Å². The number of nitrogens with zero attached hydrogens (tertiary/aromatic N) is 2. The van der Waals surface area contributed by atoms with Crippen molar-refractivity contribution in [3.63, 3.8) is 0 Å². The molecule has 1 aromatic carbocycles. The van der Waals surface area contributed by atoms with Crippen molar-refractivity contribution in [1.29, 1.82) is 0 Å². The van der Waals surface area contributed by atoms with Crippen LogP contribution >= 0.6 is 0 Å². The summed E-state index contributed by atoms with van der Waals surface area (Å²) in [4.78, 5) is 15.5. The number of sulfonamides is 1. The van der Waals surface area contributed by atoms with E-state index >= 15 is 0 Å². The number of nitrogens with one attached hydrogen (secondary N) is 1. The van der Waals surface area contributed by atoms with Crippen LogP contribution in [0.15, 0.2) is 50.8 Å². The summed E-state index contributed by atoms with van der Waals surface area (Å²) >= 11 is 0. The number of aromatic nitrogens is 2. The van der Waals surface area contributed by atoms with Gasteiger partial charge in [0.2, 0.25) is 10.0 Å². The minimum atomic E-state index is -3.73. The van der Waals surface area contributed by atoms with Crippen molar-refractivity contribution in [3.05, 3.63) is 58.3 Å². The third-order valence-electron chi connectivity index (χ3n) is 3.59. The van der Waals surface area contributed by atoms with E-state index in [1.807, 2.05) is 0 Å². The maximum Gasteiger partial charge on any atom is 0.419 e. The van der Waals surface area contributed by atoms with Gasteiger partial charge in [-0.2, -0.15) is 0 Å². The third kappa shape index (κ3) is 2.90. The van der Waals surface area contributed by atoms with E-state index in [1.165, 1.54) is 10.6 Å². The van der Waals surface area contributed by atoms with Gasteiger partial charge in [-0.25, -0.2) is 17.9 Å². The van der Waals surface area contributed by atoms with Crippen LogP contribution in [0.2, 0.25) is 0 Å². The molecular weight excluding hydrogens is 318 g/mol. The fourth-order valence-electron chi connectivity index (χ4n) is 2.31. The van der Waals surface area contributed by atoms with E-state index < -0.39 is 15.8 Å². The van der Waals surface area contributed by atoms with E-state index in [-0.39, 0.29) is 17.0 Å². The number of benzene rings is 1. The quantitative estimate of drug-likeness (QED) is 0.777. The second-order valence-electron chi connectivity index (χ2n) is 5.19. The second kappa shape index (κ2) is 5.64. The second-order valence-corrected chi connectivity index (χ2v) is 6.93. The number of fused-ring (bicyclic) bond motifs is 1. The lowest BCUT2D eigenvalue weighted by Gasteiger charge is -2.09. The van der Waals surface area contributed by atoms with Crippen LogP contribution in [0.3, 0.4) is 0 Å². The van der Waals surface area contributed by atoms with Gasteiger partial charge in [0, 0.05) is 32.1 Å². The molecule has 0 amide bonds. The average Bonchev–Trinajstić information content (AvgIpc) is 2.80. The first-order valence-corrected chi connectivity index (χ1v) is 8.35. The van der Waals surface area contributed by atoms with Crippen LogP contribution in [0.5, 0.6) is 0 Å². The molecule has 0 radical (unpaired) electrons. The highest BCUT2D eigenvalue weighted by Gasteiger charge is 2.19. The van der Waals surface area contributed by atoms with Crippen LogP contribution in [-0.2, 0) is 23.6 Å². The number of rotatable bonds is 4. The molecule has 0 saturated heterocycles. The Bertz CT molecular complexity index is 1020. The van der Waals surface area contributed by atoms with E-state index in [9.17, 15) is 13.2 Å². The van der Waals surface area contributed by atoms with Crippen LogP contribution in [0.1, 0.15) is 11.1 Å². The Balaban J connectivity index is 1.97. The Labute approximate surface area is 132 Å². The number of hydrogen-bond donors (Lipinski definition) is 1. The molecule has 120 valence electrons. The van der Waals surface area contributed by atoms with Crippen molar-refractivity contribution in [2.45, 2.75) is 18.4 Å². The zero-order valence-electron chi connectivity index (χ0n) is 12.6. The maximum absolute atomic E-state index is 12.5. The molecule has 2 aromatic heterocycles. The fraction of sp³-hybridized carbons (Fsp3) is 0.200. The zero-order chi connectivity index (χ0) is 16.6. The molecule has 0 fully saturated rings. The van der Waals surface area contributed by atoms with Crippen LogP contribution in [0, 0.1) is 6.92 Å². The summed E-state index contributed by atoms with van der Waals surface area (Å²) in [5.41, 5.74) is 2.14. The Hall–Kier alpha value is -2.45. The summed E-state index contributed by atoms with van der Waals surface area (Å²) in [7, 11) is -2.15. The molecule has 0 spiro atoms. The van der Waals surface area contributed by atoms with Gasteiger partial charge in [-0.15, -0.1) is 0 Å². The van der Waals surface area contributed by atoms with E-state index in [1.54, 1.807) is 44.6 Å². The summed E-state index contributed by atoms with van der Waals surface area (Å²) in [6.45, 7) is 1.83. The molecule has 0 aliphatic heterocycles. The van der Waals surface area contributed by atoms with Gasteiger partial charge < -0.3 is 4.42 Å². The van der Waals surface area contributed by atoms with Crippen molar-refractivity contribution in [1.82, 2.24) is 14.3 Å². The highest BCUT2D eigenvalue weighted by molar-refractivity contribution is 7.89. The average molecular weight is 333 g/mol. The number of aryl methyl sites for hydroxylation is 2. The number of hydrogen-bond acceptors (Lipinski definition) is 5. The largest absolute Gasteiger partial charge is 0.419 e. The molecule has 0 saturated carbocycles. The van der Waals surface area contributed by atoms with Gasteiger partial charge in [-0.05, 0) is 36.2 Å². The molecule has 2 heterocycles. The minimum Gasteiger partial charge on any atom is -0.408 e.